The predicted octanol–water partition coefficient (Wildman–Crippen LogP) is 5.20. The van der Waals surface area contributed by atoms with Gasteiger partial charge in [0.05, 0.1) is 5.25 Å². The smallest absolute Gasteiger partial charge is 0.126 e. The van der Waals surface area contributed by atoms with Crippen LogP contribution in [0.5, 0.6) is 0 Å². The van der Waals surface area contributed by atoms with Crippen molar-refractivity contribution in [3.63, 3.8) is 0 Å². The number of furan rings is 1. The van der Waals surface area contributed by atoms with Gasteiger partial charge in [-0.25, -0.2) is 0 Å². The zero-order valence-electron chi connectivity index (χ0n) is 11.0. The number of aryl methyl sites for hydroxylation is 1. The average Bonchev–Trinajstić information content (AvgIpc) is 3.05. The molecule has 2 aliphatic carbocycles. The van der Waals surface area contributed by atoms with Crippen LogP contribution in [0.3, 0.4) is 0 Å². The molecule has 5 rings (SSSR count). The molecule has 3 aliphatic rings. The summed E-state index contributed by atoms with van der Waals surface area (Å²) in [6.45, 7) is 0. The van der Waals surface area contributed by atoms with Gasteiger partial charge in [-0.15, -0.1) is 11.8 Å². The molecule has 0 N–H and O–H groups in total. The molecule has 1 aromatic heterocycles. The summed E-state index contributed by atoms with van der Waals surface area (Å²) in [7, 11) is 0. The van der Waals surface area contributed by atoms with Crippen LogP contribution >= 0.6 is 11.8 Å². The van der Waals surface area contributed by atoms with Crippen molar-refractivity contribution < 1.29 is 4.42 Å². The number of benzene rings is 1. The average molecular weight is 278 g/mol. The molecule has 0 saturated heterocycles. The van der Waals surface area contributed by atoms with Gasteiger partial charge in [-0.1, -0.05) is 42.5 Å². The first-order chi connectivity index (χ1) is 9.92. The second-order valence-electron chi connectivity index (χ2n) is 5.62. The van der Waals surface area contributed by atoms with Crippen LogP contribution in [0, 0.1) is 0 Å². The molecular weight excluding hydrogens is 264 g/mol. The zero-order valence-corrected chi connectivity index (χ0v) is 11.8. The van der Waals surface area contributed by atoms with Gasteiger partial charge in [0.25, 0.3) is 0 Å². The quantitative estimate of drug-likeness (QED) is 0.657. The molecule has 0 fully saturated rings. The van der Waals surface area contributed by atoms with Crippen molar-refractivity contribution in [3.8, 4) is 0 Å². The van der Waals surface area contributed by atoms with Gasteiger partial charge < -0.3 is 4.42 Å². The topological polar surface area (TPSA) is 13.1 Å². The van der Waals surface area contributed by atoms with Gasteiger partial charge >= 0.3 is 0 Å². The van der Waals surface area contributed by atoms with Gasteiger partial charge in [-0.05, 0) is 18.1 Å². The highest BCUT2D eigenvalue weighted by Crippen LogP contribution is 2.58. The third-order valence-corrected chi connectivity index (χ3v) is 5.89. The first-order valence-corrected chi connectivity index (χ1v) is 8.05. The molecule has 0 bridgehead atoms. The zero-order chi connectivity index (χ0) is 13.1. The Labute approximate surface area is 122 Å². The minimum atomic E-state index is 0.423. The molecule has 1 aliphatic heterocycles. The fourth-order valence-corrected chi connectivity index (χ4v) is 4.99. The first kappa shape index (κ1) is 11.0. The van der Waals surface area contributed by atoms with Crippen molar-refractivity contribution in [1.82, 2.24) is 0 Å². The van der Waals surface area contributed by atoms with Crippen LogP contribution in [-0.2, 0) is 6.42 Å². The monoisotopic (exact) mass is 278 g/mol. The van der Waals surface area contributed by atoms with Crippen molar-refractivity contribution in [2.45, 2.75) is 28.9 Å². The summed E-state index contributed by atoms with van der Waals surface area (Å²) in [5.41, 5.74) is 4.09. The Kier molecular flexibility index (Phi) is 2.16. The molecule has 1 nitrogen and oxygen atoms in total. The molecule has 2 atom stereocenters. The highest BCUT2D eigenvalue weighted by molar-refractivity contribution is 8.00. The highest BCUT2D eigenvalue weighted by Gasteiger charge is 2.39. The summed E-state index contributed by atoms with van der Waals surface area (Å²) in [6.07, 6.45) is 11.3. The molecule has 2 heterocycles. The van der Waals surface area contributed by atoms with Crippen molar-refractivity contribution in [2.75, 3.05) is 0 Å². The van der Waals surface area contributed by atoms with Gasteiger partial charge in [0.15, 0.2) is 0 Å². The van der Waals surface area contributed by atoms with E-state index in [4.69, 9.17) is 4.42 Å². The molecule has 2 heteroatoms. The number of fused-ring (bicyclic) bond motifs is 7. The Morgan fingerprint density at radius 1 is 1.10 bits per heavy atom. The fourth-order valence-electron chi connectivity index (χ4n) is 3.55. The lowest BCUT2D eigenvalue weighted by Gasteiger charge is -2.19. The van der Waals surface area contributed by atoms with Crippen LogP contribution in [-0.4, -0.2) is 0 Å². The van der Waals surface area contributed by atoms with Gasteiger partial charge in [0.2, 0.25) is 0 Å². The molecular formula is C18H14OS. The minimum absolute atomic E-state index is 0.423. The van der Waals surface area contributed by atoms with E-state index < -0.39 is 0 Å². The van der Waals surface area contributed by atoms with Crippen LogP contribution in [0.1, 0.15) is 45.8 Å². The molecule has 2 aromatic rings. The molecule has 1 aromatic carbocycles. The van der Waals surface area contributed by atoms with E-state index >= 15 is 0 Å². The summed E-state index contributed by atoms with van der Waals surface area (Å²) >= 11 is 1.96. The molecule has 0 radical (unpaired) electrons. The van der Waals surface area contributed by atoms with E-state index in [0.29, 0.717) is 11.2 Å². The number of thioether (sulfide) groups is 1. The lowest BCUT2D eigenvalue weighted by atomic mass is 9.87. The highest BCUT2D eigenvalue weighted by atomic mass is 32.2. The van der Waals surface area contributed by atoms with Gasteiger partial charge in [-0.3, -0.25) is 0 Å². The Morgan fingerprint density at radius 2 is 2.05 bits per heavy atom. The van der Waals surface area contributed by atoms with E-state index in [2.05, 4.69) is 48.6 Å². The normalized spacial score (nSPS) is 25.0. The Hall–Kier alpha value is -1.67. The lowest BCUT2D eigenvalue weighted by Crippen LogP contribution is -2.04. The van der Waals surface area contributed by atoms with Crippen LogP contribution in [0.25, 0.3) is 12.2 Å². The summed E-state index contributed by atoms with van der Waals surface area (Å²) in [5.74, 6) is 2.84. The first-order valence-electron chi connectivity index (χ1n) is 7.18. The largest absolute Gasteiger partial charge is 0.464 e. The number of hydrogen-bond donors (Lipinski definition) is 0. The number of hydrogen-bond acceptors (Lipinski definition) is 2. The van der Waals surface area contributed by atoms with Gasteiger partial charge in [0, 0.05) is 28.4 Å². The predicted molar refractivity (Wildman–Crippen MR) is 82.9 cm³/mol. The lowest BCUT2D eigenvalue weighted by molar-refractivity contribution is 0.453. The van der Waals surface area contributed by atoms with Crippen molar-refractivity contribution in [3.05, 3.63) is 64.6 Å². The van der Waals surface area contributed by atoms with E-state index in [0.717, 1.165) is 12.8 Å². The van der Waals surface area contributed by atoms with Crippen molar-refractivity contribution in [1.29, 1.82) is 0 Å². The maximum atomic E-state index is 6.25. The molecule has 20 heavy (non-hydrogen) atoms. The Bertz CT molecular complexity index is 766. The van der Waals surface area contributed by atoms with Crippen molar-refractivity contribution >= 4 is 23.9 Å². The Balaban J connectivity index is 1.69. The second kappa shape index (κ2) is 3.92. The molecule has 98 valence electrons. The van der Waals surface area contributed by atoms with Crippen LogP contribution in [0.15, 0.2) is 45.7 Å². The third kappa shape index (κ3) is 1.35. The van der Waals surface area contributed by atoms with E-state index in [1.54, 1.807) is 0 Å². The van der Waals surface area contributed by atoms with Gasteiger partial charge in [-0.2, -0.15) is 0 Å². The van der Waals surface area contributed by atoms with E-state index in [1.807, 2.05) is 11.8 Å². The van der Waals surface area contributed by atoms with E-state index in [1.165, 1.54) is 33.1 Å². The van der Waals surface area contributed by atoms with Crippen LogP contribution in [0.4, 0.5) is 0 Å². The maximum absolute atomic E-state index is 6.25. The summed E-state index contributed by atoms with van der Waals surface area (Å²) in [6, 6.07) is 8.75. The SMILES string of the molecule is C1=Cc2c(oc3c2C=CC2c4ccccc4SC32)CC1. The number of allylic oxidation sites excluding steroid dienone is 2. The fraction of sp³-hybridized carbons (Fsp3) is 0.222. The molecule has 0 saturated carbocycles. The third-order valence-electron chi connectivity index (χ3n) is 4.50. The van der Waals surface area contributed by atoms with E-state index in [-0.39, 0.29) is 0 Å². The van der Waals surface area contributed by atoms with Crippen LogP contribution in [0.2, 0.25) is 0 Å². The minimum Gasteiger partial charge on any atom is -0.464 e. The maximum Gasteiger partial charge on any atom is 0.126 e. The summed E-state index contributed by atoms with van der Waals surface area (Å²) in [5, 5.41) is 0.423. The number of rotatable bonds is 0. The molecule has 0 spiro atoms. The standard InChI is InChI=1S/C18H14OS/c1-3-7-15-11(5-1)13-9-10-14-12-6-2-4-8-16(12)20-18(14)17(13)19-15/h1-2,4-6,8-10,14,18H,3,7H2. The van der Waals surface area contributed by atoms with Gasteiger partial charge in [0.1, 0.15) is 11.5 Å². The van der Waals surface area contributed by atoms with Crippen molar-refractivity contribution in [2.24, 2.45) is 0 Å². The van der Waals surface area contributed by atoms with Crippen LogP contribution < -0.4 is 0 Å². The molecule has 0 amide bonds. The molecule has 2 unspecified atom stereocenters. The Morgan fingerprint density at radius 3 is 3.05 bits per heavy atom. The summed E-state index contributed by atoms with van der Waals surface area (Å²) < 4.78 is 6.25. The summed E-state index contributed by atoms with van der Waals surface area (Å²) in [4.78, 5) is 1.41. The van der Waals surface area contributed by atoms with E-state index in [9.17, 15) is 0 Å². The second-order valence-corrected chi connectivity index (χ2v) is 6.80.